The molecule has 0 aliphatic carbocycles. The molecule has 7 nitrogen and oxygen atoms in total. The lowest BCUT2D eigenvalue weighted by Gasteiger charge is -2.32. The summed E-state index contributed by atoms with van der Waals surface area (Å²) >= 11 is 0. The molecule has 3 aliphatic rings. The topological polar surface area (TPSA) is 61.7 Å². The van der Waals surface area contributed by atoms with E-state index < -0.39 is 0 Å². The zero-order chi connectivity index (χ0) is 17.4. The molecule has 2 fully saturated rings. The van der Waals surface area contributed by atoms with E-state index in [-0.39, 0.29) is 17.7 Å². The molecule has 7 heteroatoms. The third-order valence-electron chi connectivity index (χ3n) is 5.85. The number of fused-ring (bicyclic) bond motifs is 1. The number of imidazole rings is 1. The van der Waals surface area contributed by atoms with Crippen molar-refractivity contribution in [2.45, 2.75) is 32.2 Å². The fourth-order valence-corrected chi connectivity index (χ4v) is 4.20. The molecule has 4 rings (SSSR count). The van der Waals surface area contributed by atoms with Crippen molar-refractivity contribution in [3.63, 3.8) is 0 Å². The maximum Gasteiger partial charge on any atom is 0.274 e. The van der Waals surface area contributed by atoms with Crippen LogP contribution in [0.15, 0.2) is 6.33 Å². The highest BCUT2D eigenvalue weighted by molar-refractivity contribution is 5.93. The summed E-state index contributed by atoms with van der Waals surface area (Å²) in [5, 5.41) is 0. The molecule has 3 aliphatic heterocycles. The minimum Gasteiger partial charge on any atom is -0.342 e. The normalized spacial score (nSPS) is 24.4. The van der Waals surface area contributed by atoms with E-state index in [0.29, 0.717) is 12.2 Å². The molecule has 1 atom stereocenters. The molecule has 0 spiro atoms. The van der Waals surface area contributed by atoms with Gasteiger partial charge in [-0.1, -0.05) is 0 Å². The summed E-state index contributed by atoms with van der Waals surface area (Å²) < 4.78 is 2.03. The van der Waals surface area contributed by atoms with E-state index in [2.05, 4.69) is 16.9 Å². The lowest BCUT2D eigenvalue weighted by molar-refractivity contribution is -0.135. The lowest BCUT2D eigenvalue weighted by Crippen LogP contribution is -2.47. The maximum atomic E-state index is 12.8. The van der Waals surface area contributed by atoms with Crippen LogP contribution in [-0.2, 0) is 17.8 Å². The first-order chi connectivity index (χ1) is 12.1. The summed E-state index contributed by atoms with van der Waals surface area (Å²) in [4.78, 5) is 36.0. The monoisotopic (exact) mass is 345 g/mol. The first-order valence-electron chi connectivity index (χ1n) is 9.44. The number of rotatable bonds is 2. The van der Waals surface area contributed by atoms with E-state index in [9.17, 15) is 9.59 Å². The van der Waals surface area contributed by atoms with E-state index >= 15 is 0 Å². The molecule has 0 radical (unpaired) electrons. The summed E-state index contributed by atoms with van der Waals surface area (Å²) in [6.45, 7) is 5.81. The molecule has 1 aromatic rings. The van der Waals surface area contributed by atoms with Gasteiger partial charge in [0, 0.05) is 45.8 Å². The molecule has 0 aromatic carbocycles. The number of aromatic nitrogens is 2. The number of nitrogens with zero attached hydrogens (tertiary/aromatic N) is 5. The van der Waals surface area contributed by atoms with Crippen molar-refractivity contribution in [2.24, 2.45) is 5.92 Å². The quantitative estimate of drug-likeness (QED) is 0.781. The van der Waals surface area contributed by atoms with Crippen molar-refractivity contribution in [3.05, 3.63) is 17.7 Å². The van der Waals surface area contributed by atoms with Gasteiger partial charge >= 0.3 is 0 Å². The number of hydrogen-bond donors (Lipinski definition) is 0. The predicted molar refractivity (Wildman–Crippen MR) is 93.3 cm³/mol. The predicted octanol–water partition coefficient (Wildman–Crippen LogP) is 0.456. The highest BCUT2D eigenvalue weighted by atomic mass is 16.2. The Morgan fingerprint density at radius 3 is 2.48 bits per heavy atom. The molecule has 4 heterocycles. The van der Waals surface area contributed by atoms with Crippen LogP contribution in [0.4, 0.5) is 0 Å². The number of amides is 2. The van der Waals surface area contributed by atoms with Gasteiger partial charge in [0.05, 0.1) is 17.9 Å². The Morgan fingerprint density at radius 2 is 1.76 bits per heavy atom. The van der Waals surface area contributed by atoms with Crippen LogP contribution < -0.4 is 0 Å². The number of carbonyl (C=O) groups is 2. The fraction of sp³-hybridized carbons (Fsp3) is 0.722. The summed E-state index contributed by atoms with van der Waals surface area (Å²) in [7, 11) is 2.08. The van der Waals surface area contributed by atoms with Gasteiger partial charge in [0.2, 0.25) is 5.91 Å². The van der Waals surface area contributed by atoms with E-state index in [1.165, 1.54) is 0 Å². The molecule has 0 saturated carbocycles. The van der Waals surface area contributed by atoms with Crippen LogP contribution in [0.2, 0.25) is 0 Å². The van der Waals surface area contributed by atoms with Crippen molar-refractivity contribution in [1.29, 1.82) is 0 Å². The molecule has 25 heavy (non-hydrogen) atoms. The fourth-order valence-electron chi connectivity index (χ4n) is 4.20. The average molecular weight is 345 g/mol. The average Bonchev–Trinajstić information content (AvgIpc) is 3.30. The smallest absolute Gasteiger partial charge is 0.274 e. The number of hydrogen-bond acceptors (Lipinski definition) is 4. The second-order valence-electron chi connectivity index (χ2n) is 7.56. The van der Waals surface area contributed by atoms with Crippen molar-refractivity contribution in [1.82, 2.24) is 24.3 Å². The van der Waals surface area contributed by atoms with E-state index in [0.717, 1.165) is 70.6 Å². The summed E-state index contributed by atoms with van der Waals surface area (Å²) in [5.41, 5.74) is 1.60. The SMILES string of the molecule is CN1CCN(C(=O)c2ncn3c2CCC(C(=O)N2CCCC2)C3)CC1. The number of carbonyl (C=O) groups excluding carboxylic acids is 2. The van der Waals surface area contributed by atoms with Gasteiger partial charge in [-0.15, -0.1) is 0 Å². The van der Waals surface area contributed by atoms with E-state index in [1.54, 1.807) is 6.33 Å². The van der Waals surface area contributed by atoms with Crippen LogP contribution in [0.1, 0.15) is 35.4 Å². The molecular weight excluding hydrogens is 318 g/mol. The van der Waals surface area contributed by atoms with Crippen LogP contribution in [0, 0.1) is 5.92 Å². The van der Waals surface area contributed by atoms with E-state index in [1.807, 2.05) is 14.4 Å². The molecule has 2 saturated heterocycles. The lowest BCUT2D eigenvalue weighted by atomic mass is 9.95. The van der Waals surface area contributed by atoms with Gasteiger partial charge in [0.15, 0.2) is 0 Å². The molecule has 0 N–H and O–H groups in total. The van der Waals surface area contributed by atoms with Gasteiger partial charge < -0.3 is 19.3 Å². The van der Waals surface area contributed by atoms with Crippen LogP contribution >= 0.6 is 0 Å². The Bertz CT molecular complexity index is 656. The van der Waals surface area contributed by atoms with Crippen molar-refractivity contribution in [2.75, 3.05) is 46.3 Å². The Morgan fingerprint density at radius 1 is 1.04 bits per heavy atom. The number of likely N-dealkylation sites (tertiary alicyclic amines) is 1. The molecule has 1 unspecified atom stereocenters. The van der Waals surface area contributed by atoms with Gasteiger partial charge in [-0.2, -0.15) is 0 Å². The minimum atomic E-state index is 0.0337. The number of piperazine rings is 1. The standard InChI is InChI=1S/C18H27N5O2/c1-20-8-10-22(11-9-20)18(25)16-15-5-4-14(12-23(15)13-19-16)17(24)21-6-2-3-7-21/h13-14H,2-12H2,1H3. The van der Waals surface area contributed by atoms with Gasteiger partial charge in [0.1, 0.15) is 5.69 Å². The van der Waals surface area contributed by atoms with Gasteiger partial charge in [-0.25, -0.2) is 4.98 Å². The molecule has 2 amide bonds. The first-order valence-corrected chi connectivity index (χ1v) is 9.44. The Labute approximate surface area is 148 Å². The van der Waals surface area contributed by atoms with Crippen molar-refractivity contribution in [3.8, 4) is 0 Å². The zero-order valence-corrected chi connectivity index (χ0v) is 15.0. The minimum absolute atomic E-state index is 0.0337. The first kappa shape index (κ1) is 16.6. The highest BCUT2D eigenvalue weighted by Crippen LogP contribution is 2.26. The molecule has 1 aromatic heterocycles. The third-order valence-corrected chi connectivity index (χ3v) is 5.85. The second-order valence-corrected chi connectivity index (χ2v) is 7.56. The largest absolute Gasteiger partial charge is 0.342 e. The zero-order valence-electron chi connectivity index (χ0n) is 15.0. The number of likely N-dealkylation sites (N-methyl/N-ethyl adjacent to an activating group) is 1. The summed E-state index contributed by atoms with van der Waals surface area (Å²) in [6, 6.07) is 0. The van der Waals surface area contributed by atoms with E-state index in [4.69, 9.17) is 0 Å². The Kier molecular flexibility index (Phi) is 4.50. The Balaban J connectivity index is 1.45. The van der Waals surface area contributed by atoms with Crippen LogP contribution in [0.5, 0.6) is 0 Å². The third kappa shape index (κ3) is 3.17. The van der Waals surface area contributed by atoms with Crippen molar-refractivity contribution >= 4 is 11.8 Å². The van der Waals surface area contributed by atoms with Crippen LogP contribution in [-0.4, -0.2) is 82.4 Å². The molecule has 0 bridgehead atoms. The Hall–Kier alpha value is -1.89. The van der Waals surface area contributed by atoms with Gasteiger partial charge in [0.25, 0.3) is 5.91 Å². The molecular formula is C18H27N5O2. The van der Waals surface area contributed by atoms with Gasteiger partial charge in [-0.05, 0) is 32.7 Å². The van der Waals surface area contributed by atoms with Gasteiger partial charge in [-0.3, -0.25) is 9.59 Å². The summed E-state index contributed by atoms with van der Waals surface area (Å²) in [5.74, 6) is 0.362. The molecule has 136 valence electrons. The van der Waals surface area contributed by atoms with Crippen molar-refractivity contribution < 1.29 is 9.59 Å². The van der Waals surface area contributed by atoms with Crippen LogP contribution in [0.3, 0.4) is 0 Å². The highest BCUT2D eigenvalue weighted by Gasteiger charge is 2.33. The maximum absolute atomic E-state index is 12.8. The summed E-state index contributed by atoms with van der Waals surface area (Å²) in [6.07, 6.45) is 5.59. The van der Waals surface area contributed by atoms with Crippen LogP contribution in [0.25, 0.3) is 0 Å². The second kappa shape index (κ2) is 6.78.